The Balaban J connectivity index is 2.33. The lowest BCUT2D eigenvalue weighted by Gasteiger charge is -2.30. The van der Waals surface area contributed by atoms with Gasteiger partial charge >= 0.3 is 0 Å². The van der Waals surface area contributed by atoms with Crippen LogP contribution in [0.4, 0.5) is 5.69 Å². The van der Waals surface area contributed by atoms with E-state index in [9.17, 15) is 0 Å². The van der Waals surface area contributed by atoms with E-state index in [1.54, 1.807) is 0 Å². The van der Waals surface area contributed by atoms with Crippen molar-refractivity contribution in [3.63, 3.8) is 0 Å². The molecular weight excluding hydrogens is 290 g/mol. The normalized spacial score (nSPS) is 23.4. The Labute approximate surface area is 117 Å². The molecule has 0 amide bonds. The quantitative estimate of drug-likeness (QED) is 0.663. The van der Waals surface area contributed by atoms with Gasteiger partial charge in [0.15, 0.2) is 0 Å². The predicted octanol–water partition coefficient (Wildman–Crippen LogP) is 3.50. The molecule has 4 heteroatoms. The van der Waals surface area contributed by atoms with Gasteiger partial charge in [0, 0.05) is 27.8 Å². The molecule has 1 aromatic carbocycles. The zero-order chi connectivity index (χ0) is 13.3. The molecular formula is C14H20BrN3. The first-order chi connectivity index (χ1) is 8.54. The molecule has 1 saturated heterocycles. The second kappa shape index (κ2) is 5.31. The van der Waals surface area contributed by atoms with Crippen LogP contribution in [0.25, 0.3) is 0 Å². The Hall–Kier alpha value is -1.03. The van der Waals surface area contributed by atoms with E-state index in [1.165, 1.54) is 24.9 Å². The van der Waals surface area contributed by atoms with Crippen molar-refractivity contribution in [3.8, 4) is 0 Å². The third-order valence-corrected chi connectivity index (χ3v) is 4.45. The zero-order valence-electron chi connectivity index (χ0n) is 10.9. The van der Waals surface area contributed by atoms with Crippen LogP contribution >= 0.6 is 15.9 Å². The SMILES string of the molecule is CCC1CCC(C)N1c1ccc(C(=N)N)c(Br)c1. The molecule has 0 spiro atoms. The maximum Gasteiger partial charge on any atom is 0.123 e. The van der Waals surface area contributed by atoms with E-state index in [0.717, 1.165) is 10.0 Å². The standard InChI is InChI=1S/C14H20BrN3/c1-3-10-5-4-9(2)18(10)11-6-7-12(14(16)17)13(15)8-11/h6-10H,3-5H2,1-2H3,(H3,16,17). The first-order valence-corrected chi connectivity index (χ1v) is 7.26. The molecule has 3 N–H and O–H groups in total. The number of nitrogen functional groups attached to an aromatic ring is 1. The molecule has 0 saturated carbocycles. The summed E-state index contributed by atoms with van der Waals surface area (Å²) in [6.07, 6.45) is 3.70. The fourth-order valence-electron chi connectivity index (χ4n) is 2.82. The first-order valence-electron chi connectivity index (χ1n) is 6.46. The third kappa shape index (κ3) is 2.39. The molecule has 1 aromatic rings. The van der Waals surface area contributed by atoms with Gasteiger partial charge in [-0.15, -0.1) is 0 Å². The zero-order valence-corrected chi connectivity index (χ0v) is 12.5. The van der Waals surface area contributed by atoms with E-state index in [0.29, 0.717) is 12.1 Å². The van der Waals surface area contributed by atoms with Gasteiger partial charge in [0.2, 0.25) is 0 Å². The summed E-state index contributed by atoms with van der Waals surface area (Å²) in [5, 5.41) is 7.51. The summed E-state index contributed by atoms with van der Waals surface area (Å²) in [6.45, 7) is 4.52. The number of halogens is 1. The average Bonchev–Trinajstić information content (AvgIpc) is 2.69. The summed E-state index contributed by atoms with van der Waals surface area (Å²) in [7, 11) is 0. The minimum atomic E-state index is 0.106. The van der Waals surface area contributed by atoms with Crippen molar-refractivity contribution in [1.29, 1.82) is 5.41 Å². The highest BCUT2D eigenvalue weighted by Gasteiger charge is 2.29. The first kappa shape index (κ1) is 13.4. The van der Waals surface area contributed by atoms with Crippen LogP contribution in [0.3, 0.4) is 0 Å². The van der Waals surface area contributed by atoms with Gasteiger partial charge in [-0.1, -0.05) is 6.92 Å². The number of anilines is 1. The molecule has 1 aliphatic heterocycles. The number of benzene rings is 1. The van der Waals surface area contributed by atoms with Crippen LogP contribution in [-0.2, 0) is 0 Å². The number of amidine groups is 1. The lowest BCUT2D eigenvalue weighted by molar-refractivity contribution is 0.628. The fourth-order valence-corrected chi connectivity index (χ4v) is 3.40. The summed E-state index contributed by atoms with van der Waals surface area (Å²) in [4.78, 5) is 2.49. The summed E-state index contributed by atoms with van der Waals surface area (Å²) in [5.41, 5.74) is 7.53. The molecule has 2 unspecified atom stereocenters. The van der Waals surface area contributed by atoms with Gasteiger partial charge in [-0.3, -0.25) is 5.41 Å². The van der Waals surface area contributed by atoms with Crippen LogP contribution in [0.1, 0.15) is 38.7 Å². The Morgan fingerprint density at radius 2 is 2.22 bits per heavy atom. The number of nitrogens with two attached hydrogens (primary N) is 1. The Kier molecular flexibility index (Phi) is 3.95. The van der Waals surface area contributed by atoms with E-state index in [2.05, 4.69) is 46.8 Å². The topological polar surface area (TPSA) is 53.1 Å². The highest BCUT2D eigenvalue weighted by molar-refractivity contribution is 9.10. The van der Waals surface area contributed by atoms with Crippen LogP contribution < -0.4 is 10.6 Å². The number of hydrogen-bond donors (Lipinski definition) is 2. The number of nitrogens with zero attached hydrogens (tertiary/aromatic N) is 1. The van der Waals surface area contributed by atoms with Crippen molar-refractivity contribution in [2.24, 2.45) is 5.73 Å². The van der Waals surface area contributed by atoms with Crippen molar-refractivity contribution in [2.45, 2.75) is 45.2 Å². The van der Waals surface area contributed by atoms with Gasteiger partial charge < -0.3 is 10.6 Å². The minimum absolute atomic E-state index is 0.106. The van der Waals surface area contributed by atoms with E-state index in [-0.39, 0.29) is 5.84 Å². The van der Waals surface area contributed by atoms with Gasteiger partial charge in [-0.2, -0.15) is 0 Å². The van der Waals surface area contributed by atoms with Crippen LogP contribution in [0.5, 0.6) is 0 Å². The van der Waals surface area contributed by atoms with Crippen LogP contribution in [0.2, 0.25) is 0 Å². The van der Waals surface area contributed by atoms with E-state index < -0.39 is 0 Å². The molecule has 2 rings (SSSR count). The van der Waals surface area contributed by atoms with E-state index in [1.807, 2.05) is 6.07 Å². The molecule has 0 radical (unpaired) electrons. The average molecular weight is 310 g/mol. The molecule has 2 atom stereocenters. The lowest BCUT2D eigenvalue weighted by Crippen LogP contribution is -2.34. The molecule has 1 aliphatic rings. The van der Waals surface area contributed by atoms with Crippen LogP contribution in [0.15, 0.2) is 22.7 Å². The molecule has 3 nitrogen and oxygen atoms in total. The lowest BCUT2D eigenvalue weighted by atomic mass is 10.1. The van der Waals surface area contributed by atoms with Crippen LogP contribution in [-0.4, -0.2) is 17.9 Å². The highest BCUT2D eigenvalue weighted by atomic mass is 79.9. The van der Waals surface area contributed by atoms with E-state index >= 15 is 0 Å². The van der Waals surface area contributed by atoms with Gasteiger partial charge in [-0.05, 0) is 60.3 Å². The molecule has 1 fully saturated rings. The van der Waals surface area contributed by atoms with Crippen LogP contribution in [0, 0.1) is 5.41 Å². The second-order valence-corrected chi connectivity index (χ2v) is 5.83. The van der Waals surface area contributed by atoms with Crippen molar-refractivity contribution >= 4 is 27.5 Å². The smallest absolute Gasteiger partial charge is 0.123 e. The maximum atomic E-state index is 7.51. The minimum Gasteiger partial charge on any atom is -0.384 e. The summed E-state index contributed by atoms with van der Waals surface area (Å²) >= 11 is 3.51. The third-order valence-electron chi connectivity index (χ3n) is 3.80. The fraction of sp³-hybridized carbons (Fsp3) is 0.500. The Morgan fingerprint density at radius 1 is 1.50 bits per heavy atom. The summed E-state index contributed by atoms with van der Waals surface area (Å²) < 4.78 is 0.904. The van der Waals surface area contributed by atoms with E-state index in [4.69, 9.17) is 11.1 Å². The number of nitrogens with one attached hydrogen (secondary N) is 1. The van der Waals surface area contributed by atoms with Crippen molar-refractivity contribution in [1.82, 2.24) is 0 Å². The monoisotopic (exact) mass is 309 g/mol. The molecule has 0 aliphatic carbocycles. The maximum absolute atomic E-state index is 7.51. The largest absolute Gasteiger partial charge is 0.384 e. The van der Waals surface area contributed by atoms with Gasteiger partial charge in [0.25, 0.3) is 0 Å². The Bertz CT molecular complexity index is 458. The summed E-state index contributed by atoms with van der Waals surface area (Å²) in [5.74, 6) is 0.106. The highest BCUT2D eigenvalue weighted by Crippen LogP contribution is 2.34. The second-order valence-electron chi connectivity index (χ2n) is 4.97. The van der Waals surface area contributed by atoms with Gasteiger partial charge in [-0.25, -0.2) is 0 Å². The van der Waals surface area contributed by atoms with Gasteiger partial charge in [0.05, 0.1) is 0 Å². The predicted molar refractivity (Wildman–Crippen MR) is 80.4 cm³/mol. The van der Waals surface area contributed by atoms with Crippen molar-refractivity contribution in [2.75, 3.05) is 4.90 Å². The molecule has 0 aromatic heterocycles. The van der Waals surface area contributed by atoms with Gasteiger partial charge in [0.1, 0.15) is 5.84 Å². The van der Waals surface area contributed by atoms with Crippen molar-refractivity contribution < 1.29 is 0 Å². The molecule has 0 bridgehead atoms. The van der Waals surface area contributed by atoms with Crippen molar-refractivity contribution in [3.05, 3.63) is 28.2 Å². The Morgan fingerprint density at radius 3 is 2.78 bits per heavy atom. The molecule has 1 heterocycles. The molecule has 18 heavy (non-hydrogen) atoms. The number of rotatable bonds is 3. The molecule has 98 valence electrons. The number of hydrogen-bond acceptors (Lipinski definition) is 2. The summed E-state index contributed by atoms with van der Waals surface area (Å²) in [6, 6.07) is 7.31.